The van der Waals surface area contributed by atoms with Gasteiger partial charge in [0.15, 0.2) is 0 Å². The largest absolute Gasteiger partial charge is 0.315 e. The van der Waals surface area contributed by atoms with Crippen LogP contribution in [0.15, 0.2) is 0 Å². The number of rotatable bonds is 2. The van der Waals surface area contributed by atoms with Gasteiger partial charge in [0.1, 0.15) is 0 Å². The summed E-state index contributed by atoms with van der Waals surface area (Å²) in [5.41, 5.74) is 0. The number of nitrogens with one attached hydrogen (secondary N) is 2. The molecule has 1 fully saturated rings. The molecule has 0 spiro atoms. The average molecular weight is 178 g/mol. The Morgan fingerprint density at radius 1 is 1.55 bits per heavy atom. The van der Waals surface area contributed by atoms with Gasteiger partial charge in [-0.1, -0.05) is 11.9 Å². The SMILES string of the molecule is CSNC1CCCNC1.O=O. The summed E-state index contributed by atoms with van der Waals surface area (Å²) >= 11 is 1.72. The van der Waals surface area contributed by atoms with Crippen LogP contribution >= 0.6 is 11.9 Å². The van der Waals surface area contributed by atoms with Gasteiger partial charge in [0.25, 0.3) is 0 Å². The minimum Gasteiger partial charge on any atom is -0.315 e. The molecule has 0 saturated carbocycles. The van der Waals surface area contributed by atoms with Crippen molar-refractivity contribution < 1.29 is 0 Å². The van der Waals surface area contributed by atoms with Crippen LogP contribution in [0.25, 0.3) is 0 Å². The zero-order valence-electron chi connectivity index (χ0n) is 6.63. The smallest absolute Gasteiger partial charge is 0.0297 e. The first kappa shape index (κ1) is 10.9. The summed E-state index contributed by atoms with van der Waals surface area (Å²) in [4.78, 5) is 14.0. The van der Waals surface area contributed by atoms with E-state index in [1.807, 2.05) is 0 Å². The lowest BCUT2D eigenvalue weighted by Gasteiger charge is -2.22. The first-order valence-corrected chi connectivity index (χ1v) is 4.82. The molecule has 1 unspecified atom stereocenters. The predicted octanol–water partition coefficient (Wildman–Crippen LogP) is 0.673. The minimum absolute atomic E-state index is 0.703. The highest BCUT2D eigenvalue weighted by Crippen LogP contribution is 2.03. The summed E-state index contributed by atoms with van der Waals surface area (Å²) in [6.07, 6.45) is 4.72. The lowest BCUT2D eigenvalue weighted by Crippen LogP contribution is -2.40. The quantitative estimate of drug-likeness (QED) is 0.609. The van der Waals surface area contributed by atoms with Crippen LogP contribution in [0.1, 0.15) is 12.8 Å². The summed E-state index contributed by atoms with van der Waals surface area (Å²) in [5.74, 6) is 0. The topological polar surface area (TPSA) is 58.2 Å². The summed E-state index contributed by atoms with van der Waals surface area (Å²) in [6.45, 7) is 2.34. The highest BCUT2D eigenvalue weighted by Gasteiger charge is 2.10. The van der Waals surface area contributed by atoms with E-state index < -0.39 is 0 Å². The molecule has 0 bridgehead atoms. The Bertz CT molecular complexity index is 85.9. The zero-order chi connectivity index (χ0) is 8.53. The van der Waals surface area contributed by atoms with Gasteiger partial charge in [0.05, 0.1) is 0 Å². The van der Waals surface area contributed by atoms with Gasteiger partial charge in [-0.05, 0) is 25.6 Å². The molecule has 1 saturated heterocycles. The lowest BCUT2D eigenvalue weighted by atomic mass is 10.1. The summed E-state index contributed by atoms with van der Waals surface area (Å²) in [6, 6.07) is 0.703. The van der Waals surface area contributed by atoms with Crippen molar-refractivity contribution in [1.29, 1.82) is 0 Å². The normalized spacial score (nSPS) is 23.5. The molecule has 0 aromatic heterocycles. The average Bonchev–Trinajstić information content (AvgIpc) is 2.11. The second kappa shape index (κ2) is 7.97. The number of hydrogen-bond donors (Lipinski definition) is 2. The third kappa shape index (κ3) is 5.17. The van der Waals surface area contributed by atoms with Gasteiger partial charge >= 0.3 is 0 Å². The van der Waals surface area contributed by atoms with Crippen molar-refractivity contribution in [3.05, 3.63) is 9.93 Å². The molecule has 4 nitrogen and oxygen atoms in total. The molecular weight excluding hydrogens is 164 g/mol. The highest BCUT2D eigenvalue weighted by atomic mass is 32.2. The second-order valence-corrected chi connectivity index (χ2v) is 3.01. The van der Waals surface area contributed by atoms with Crippen LogP contribution in [0, 0.1) is 9.93 Å². The third-order valence-electron chi connectivity index (χ3n) is 1.58. The molecule has 1 aliphatic heterocycles. The Labute approximate surface area is 70.9 Å². The van der Waals surface area contributed by atoms with Gasteiger partial charge in [0.2, 0.25) is 0 Å². The van der Waals surface area contributed by atoms with Crippen molar-refractivity contribution in [1.82, 2.24) is 10.0 Å². The molecule has 0 aliphatic carbocycles. The maximum absolute atomic E-state index is 7.00. The molecule has 1 rings (SSSR count). The van der Waals surface area contributed by atoms with E-state index in [-0.39, 0.29) is 0 Å². The molecule has 1 heterocycles. The van der Waals surface area contributed by atoms with Gasteiger partial charge in [-0.25, -0.2) is 0 Å². The van der Waals surface area contributed by atoms with Crippen molar-refractivity contribution in [2.45, 2.75) is 18.9 Å². The fraction of sp³-hybridized carbons (Fsp3) is 1.00. The molecule has 1 aliphatic rings. The van der Waals surface area contributed by atoms with Crippen LogP contribution in [0.4, 0.5) is 0 Å². The summed E-state index contributed by atoms with van der Waals surface area (Å²) in [5, 5.41) is 3.34. The molecular formula is C6H14N2O2S. The van der Waals surface area contributed by atoms with E-state index in [1.54, 1.807) is 11.9 Å². The molecule has 0 aromatic carbocycles. The van der Waals surface area contributed by atoms with E-state index in [1.165, 1.54) is 19.4 Å². The Kier molecular flexibility index (Phi) is 7.88. The van der Waals surface area contributed by atoms with E-state index in [2.05, 4.69) is 16.3 Å². The van der Waals surface area contributed by atoms with Gasteiger partial charge in [-0.2, -0.15) is 0 Å². The van der Waals surface area contributed by atoms with E-state index >= 15 is 0 Å². The zero-order valence-corrected chi connectivity index (χ0v) is 7.45. The predicted molar refractivity (Wildman–Crippen MR) is 49.3 cm³/mol. The van der Waals surface area contributed by atoms with Crippen LogP contribution in [-0.2, 0) is 0 Å². The Morgan fingerprint density at radius 2 is 2.27 bits per heavy atom. The molecule has 5 heteroatoms. The lowest BCUT2D eigenvalue weighted by molar-refractivity contribution is 0.441. The van der Waals surface area contributed by atoms with Gasteiger partial charge in [-0.3, -0.25) is 4.72 Å². The monoisotopic (exact) mass is 178 g/mol. The Hall–Kier alpha value is -0.130. The van der Waals surface area contributed by atoms with Gasteiger partial charge in [-0.15, -0.1) is 0 Å². The van der Waals surface area contributed by atoms with E-state index in [4.69, 9.17) is 9.93 Å². The van der Waals surface area contributed by atoms with Crippen LogP contribution in [0.2, 0.25) is 0 Å². The van der Waals surface area contributed by atoms with Crippen molar-refractivity contribution in [2.24, 2.45) is 0 Å². The van der Waals surface area contributed by atoms with E-state index in [9.17, 15) is 0 Å². The molecule has 66 valence electrons. The fourth-order valence-corrected chi connectivity index (χ4v) is 1.65. The van der Waals surface area contributed by atoms with Gasteiger partial charge < -0.3 is 5.32 Å². The fourth-order valence-electron chi connectivity index (χ4n) is 1.12. The standard InChI is InChI=1S/C6H14N2S.O2/c1-9-8-6-3-2-4-7-5-6;1-2/h6-8H,2-5H2,1H3;. The molecule has 0 amide bonds. The van der Waals surface area contributed by atoms with Crippen molar-refractivity contribution in [2.75, 3.05) is 19.3 Å². The maximum atomic E-state index is 7.00. The van der Waals surface area contributed by atoms with Crippen LogP contribution in [0.3, 0.4) is 0 Å². The highest BCUT2D eigenvalue weighted by molar-refractivity contribution is 7.96. The number of piperidine rings is 1. The molecule has 0 aromatic rings. The number of hydrogen-bond acceptors (Lipinski definition) is 5. The van der Waals surface area contributed by atoms with Crippen molar-refractivity contribution in [3.63, 3.8) is 0 Å². The van der Waals surface area contributed by atoms with Crippen LogP contribution in [0.5, 0.6) is 0 Å². The molecule has 2 N–H and O–H groups in total. The molecule has 0 radical (unpaired) electrons. The Morgan fingerprint density at radius 3 is 2.73 bits per heavy atom. The Balaban J connectivity index is 0.000000461. The van der Waals surface area contributed by atoms with Gasteiger partial charge in [0, 0.05) is 22.5 Å². The minimum atomic E-state index is 0.703. The maximum Gasteiger partial charge on any atom is 0.0297 e. The first-order valence-electron chi connectivity index (χ1n) is 3.59. The van der Waals surface area contributed by atoms with Crippen LogP contribution < -0.4 is 10.0 Å². The summed E-state index contributed by atoms with van der Waals surface area (Å²) < 4.78 is 3.34. The van der Waals surface area contributed by atoms with E-state index in [0.29, 0.717) is 6.04 Å². The summed E-state index contributed by atoms with van der Waals surface area (Å²) in [7, 11) is 0. The molecule has 1 atom stereocenters. The first-order chi connectivity index (χ1) is 5.43. The van der Waals surface area contributed by atoms with E-state index in [0.717, 1.165) is 6.54 Å². The van der Waals surface area contributed by atoms with Crippen LogP contribution in [-0.4, -0.2) is 25.4 Å². The van der Waals surface area contributed by atoms with Crippen molar-refractivity contribution in [3.8, 4) is 0 Å². The second-order valence-electron chi connectivity index (χ2n) is 2.37. The third-order valence-corrected chi connectivity index (χ3v) is 2.15. The van der Waals surface area contributed by atoms with Crippen molar-refractivity contribution >= 4 is 11.9 Å². The molecule has 11 heavy (non-hydrogen) atoms.